The number of nitrogens with one attached hydrogen (secondary N) is 1. The van der Waals surface area contributed by atoms with Crippen LogP contribution in [0.4, 0.5) is 10.1 Å². The van der Waals surface area contributed by atoms with E-state index in [0.29, 0.717) is 36.1 Å². The molecule has 1 N–H and O–H groups in total. The third-order valence-corrected chi connectivity index (χ3v) is 4.79. The Morgan fingerprint density at radius 3 is 2.42 bits per heavy atom. The molecule has 0 aromatic heterocycles. The summed E-state index contributed by atoms with van der Waals surface area (Å²) in [6.45, 7) is 0.529. The molecule has 158 valence electrons. The molecule has 0 aliphatic carbocycles. The fraction of sp³-hybridized carbons (Fsp3) is 0.167. The molecule has 0 radical (unpaired) electrons. The highest BCUT2D eigenvalue weighted by molar-refractivity contribution is 6.00. The minimum atomic E-state index is -0.323. The fourth-order valence-corrected chi connectivity index (χ4v) is 3.21. The summed E-state index contributed by atoms with van der Waals surface area (Å²) >= 11 is 0. The van der Waals surface area contributed by atoms with Crippen LogP contribution in [0.1, 0.15) is 12.0 Å². The van der Waals surface area contributed by atoms with Crippen molar-refractivity contribution in [2.75, 3.05) is 18.1 Å². The second-order valence-electron chi connectivity index (χ2n) is 7.02. The molecule has 0 unspecified atom stereocenters. The number of para-hydroxylation sites is 2. The van der Waals surface area contributed by atoms with Gasteiger partial charge in [0.25, 0.3) is 0 Å². The van der Waals surface area contributed by atoms with E-state index in [2.05, 4.69) is 5.32 Å². The van der Waals surface area contributed by atoms with Crippen LogP contribution in [0.15, 0.2) is 72.8 Å². The Labute approximate surface area is 179 Å². The number of carbonyl (C=O) groups is 2. The maximum absolute atomic E-state index is 13.0. The van der Waals surface area contributed by atoms with Gasteiger partial charge in [-0.3, -0.25) is 14.5 Å². The van der Waals surface area contributed by atoms with Crippen LogP contribution in [0.3, 0.4) is 0 Å². The van der Waals surface area contributed by atoms with Gasteiger partial charge in [0.2, 0.25) is 11.8 Å². The molecule has 0 fully saturated rings. The van der Waals surface area contributed by atoms with Crippen molar-refractivity contribution >= 4 is 17.5 Å². The molecule has 0 saturated carbocycles. The number of anilines is 1. The minimum Gasteiger partial charge on any atom is -0.491 e. The van der Waals surface area contributed by atoms with Crippen molar-refractivity contribution in [1.29, 1.82) is 0 Å². The van der Waals surface area contributed by atoms with Crippen LogP contribution < -0.4 is 19.7 Å². The van der Waals surface area contributed by atoms with Crippen molar-refractivity contribution in [2.24, 2.45) is 0 Å². The quantitative estimate of drug-likeness (QED) is 0.653. The van der Waals surface area contributed by atoms with E-state index in [-0.39, 0.29) is 30.6 Å². The monoisotopic (exact) mass is 420 g/mol. The number of hydrogen-bond acceptors (Lipinski definition) is 4. The minimum absolute atomic E-state index is 0.0784. The molecule has 1 aliphatic heterocycles. The van der Waals surface area contributed by atoms with E-state index in [1.54, 1.807) is 42.5 Å². The molecule has 2 amide bonds. The van der Waals surface area contributed by atoms with Gasteiger partial charge in [-0.25, -0.2) is 4.39 Å². The molecule has 1 heterocycles. The summed E-state index contributed by atoms with van der Waals surface area (Å²) in [5.41, 5.74) is 1.48. The first-order valence-electron chi connectivity index (χ1n) is 9.90. The topological polar surface area (TPSA) is 67.9 Å². The first-order chi connectivity index (χ1) is 15.1. The third kappa shape index (κ3) is 5.19. The standard InChI is InChI=1S/C24H21FN2O4/c25-18-7-11-20(12-8-18)31-19-9-5-17(6-10-19)15-26-23(28)16-27-21-3-1-2-4-22(21)30-14-13-24(27)29/h1-12H,13-16H2,(H,26,28). The highest BCUT2D eigenvalue weighted by Gasteiger charge is 2.24. The van der Waals surface area contributed by atoms with Gasteiger partial charge < -0.3 is 14.8 Å². The number of fused-ring (bicyclic) bond motifs is 1. The zero-order chi connectivity index (χ0) is 21.6. The van der Waals surface area contributed by atoms with E-state index >= 15 is 0 Å². The van der Waals surface area contributed by atoms with Crippen molar-refractivity contribution in [1.82, 2.24) is 5.32 Å². The Morgan fingerprint density at radius 2 is 1.68 bits per heavy atom. The largest absolute Gasteiger partial charge is 0.491 e. The van der Waals surface area contributed by atoms with Crippen LogP contribution >= 0.6 is 0 Å². The van der Waals surface area contributed by atoms with E-state index in [1.807, 2.05) is 18.2 Å². The van der Waals surface area contributed by atoms with Crippen molar-refractivity contribution in [2.45, 2.75) is 13.0 Å². The van der Waals surface area contributed by atoms with Gasteiger partial charge >= 0.3 is 0 Å². The van der Waals surface area contributed by atoms with Gasteiger partial charge in [-0.05, 0) is 54.1 Å². The average Bonchev–Trinajstić information content (AvgIpc) is 2.94. The number of carbonyl (C=O) groups excluding carboxylic acids is 2. The lowest BCUT2D eigenvalue weighted by molar-refractivity contribution is -0.124. The third-order valence-electron chi connectivity index (χ3n) is 4.79. The lowest BCUT2D eigenvalue weighted by Gasteiger charge is -2.21. The smallest absolute Gasteiger partial charge is 0.240 e. The molecule has 3 aromatic carbocycles. The number of nitrogens with zero attached hydrogens (tertiary/aromatic N) is 1. The molecule has 1 aliphatic rings. The molecule has 0 bridgehead atoms. The summed E-state index contributed by atoms with van der Waals surface area (Å²) in [7, 11) is 0. The summed E-state index contributed by atoms with van der Waals surface area (Å²) < 4.78 is 24.2. The second-order valence-corrected chi connectivity index (χ2v) is 7.02. The maximum atomic E-state index is 13.0. The van der Waals surface area contributed by atoms with Gasteiger partial charge in [0, 0.05) is 6.54 Å². The molecule has 6 nitrogen and oxygen atoms in total. The van der Waals surface area contributed by atoms with E-state index in [1.165, 1.54) is 17.0 Å². The molecule has 0 atom stereocenters. The molecule has 7 heteroatoms. The van der Waals surface area contributed by atoms with Crippen LogP contribution in [-0.2, 0) is 16.1 Å². The average molecular weight is 420 g/mol. The Hall–Kier alpha value is -3.87. The van der Waals surface area contributed by atoms with E-state index in [4.69, 9.17) is 9.47 Å². The van der Waals surface area contributed by atoms with Gasteiger partial charge in [-0.15, -0.1) is 0 Å². The van der Waals surface area contributed by atoms with Crippen molar-refractivity contribution in [3.8, 4) is 17.2 Å². The summed E-state index contributed by atoms with van der Waals surface area (Å²) in [5.74, 6) is 0.996. The van der Waals surface area contributed by atoms with Gasteiger partial charge in [-0.2, -0.15) is 0 Å². The zero-order valence-corrected chi connectivity index (χ0v) is 16.7. The van der Waals surface area contributed by atoms with E-state index in [0.717, 1.165) is 5.56 Å². The number of ether oxygens (including phenoxy) is 2. The normalized spacial score (nSPS) is 13.1. The first kappa shape index (κ1) is 20.4. The number of rotatable bonds is 6. The van der Waals surface area contributed by atoms with Crippen LogP contribution in [-0.4, -0.2) is 25.0 Å². The fourth-order valence-electron chi connectivity index (χ4n) is 3.21. The summed E-state index contributed by atoms with van der Waals surface area (Å²) in [4.78, 5) is 26.4. The number of hydrogen-bond donors (Lipinski definition) is 1. The highest BCUT2D eigenvalue weighted by atomic mass is 19.1. The number of amides is 2. The molecule has 0 saturated heterocycles. The SMILES string of the molecule is O=C(CN1C(=O)CCOc2ccccc21)NCc1ccc(Oc2ccc(F)cc2)cc1. The Kier molecular flexibility index (Phi) is 6.12. The predicted molar refractivity (Wildman–Crippen MR) is 114 cm³/mol. The zero-order valence-electron chi connectivity index (χ0n) is 16.7. The molecule has 3 aromatic rings. The Bertz CT molecular complexity index is 1070. The van der Waals surface area contributed by atoms with Crippen molar-refractivity contribution in [3.63, 3.8) is 0 Å². The summed E-state index contributed by atoms with van der Waals surface area (Å²) in [5, 5.41) is 2.84. The number of halogens is 1. The lowest BCUT2D eigenvalue weighted by Crippen LogP contribution is -2.40. The van der Waals surface area contributed by atoms with Crippen LogP contribution in [0, 0.1) is 5.82 Å². The van der Waals surface area contributed by atoms with Crippen molar-refractivity contribution in [3.05, 3.63) is 84.2 Å². The van der Waals surface area contributed by atoms with Crippen molar-refractivity contribution < 1.29 is 23.5 Å². The van der Waals surface area contributed by atoms with Gasteiger partial charge in [-0.1, -0.05) is 24.3 Å². The molecular formula is C24H21FN2O4. The second kappa shape index (κ2) is 9.30. The first-order valence-corrected chi connectivity index (χ1v) is 9.90. The van der Waals surface area contributed by atoms with E-state index in [9.17, 15) is 14.0 Å². The van der Waals surface area contributed by atoms with Crippen LogP contribution in [0.2, 0.25) is 0 Å². The highest BCUT2D eigenvalue weighted by Crippen LogP contribution is 2.30. The van der Waals surface area contributed by atoms with Gasteiger partial charge in [0.05, 0.1) is 18.7 Å². The van der Waals surface area contributed by atoms with E-state index < -0.39 is 0 Å². The predicted octanol–water partition coefficient (Wildman–Crippen LogP) is 4.05. The molecule has 31 heavy (non-hydrogen) atoms. The summed E-state index contributed by atoms with van der Waals surface area (Å²) in [6, 6.07) is 20.2. The number of benzene rings is 3. The van der Waals surface area contributed by atoms with Crippen LogP contribution in [0.5, 0.6) is 17.2 Å². The summed E-state index contributed by atoms with van der Waals surface area (Å²) in [6.07, 6.45) is 0.220. The molecular weight excluding hydrogens is 399 g/mol. The Morgan fingerprint density at radius 1 is 1.00 bits per heavy atom. The lowest BCUT2D eigenvalue weighted by atomic mass is 10.2. The Balaban J connectivity index is 1.33. The van der Waals surface area contributed by atoms with Gasteiger partial charge in [0.15, 0.2) is 0 Å². The van der Waals surface area contributed by atoms with Crippen LogP contribution in [0.25, 0.3) is 0 Å². The van der Waals surface area contributed by atoms with Gasteiger partial charge in [0.1, 0.15) is 29.6 Å². The molecule has 0 spiro atoms. The maximum Gasteiger partial charge on any atom is 0.240 e. The molecule has 4 rings (SSSR count).